The molecule has 1 N–H and O–H groups in total. The van der Waals surface area contributed by atoms with Gasteiger partial charge in [-0.1, -0.05) is 0 Å². The Bertz CT molecular complexity index is 721. The van der Waals surface area contributed by atoms with E-state index in [0.29, 0.717) is 29.4 Å². The summed E-state index contributed by atoms with van der Waals surface area (Å²) >= 11 is 6.96. The fourth-order valence-corrected chi connectivity index (χ4v) is 4.67. The van der Waals surface area contributed by atoms with E-state index in [4.69, 9.17) is 14.2 Å². The third-order valence-electron chi connectivity index (χ3n) is 3.35. The maximum Gasteiger partial charge on any atom is 0.255 e. The fraction of sp³-hybridized carbons (Fsp3) is 0.353. The molecule has 8 heteroatoms. The number of hydrogen-bond acceptors (Lipinski definition) is 6. The Hall–Kier alpha value is -1.38. The Morgan fingerprint density at radius 1 is 1.12 bits per heavy atom. The lowest BCUT2D eigenvalue weighted by atomic mass is 10.1. The van der Waals surface area contributed by atoms with Gasteiger partial charge in [-0.2, -0.15) is 11.8 Å². The number of hydrogen-bond donors (Lipinski definition) is 1. The van der Waals surface area contributed by atoms with E-state index < -0.39 is 0 Å². The first-order valence-electron chi connectivity index (χ1n) is 7.49. The van der Waals surface area contributed by atoms with E-state index in [-0.39, 0.29) is 5.91 Å². The second kappa shape index (κ2) is 9.94. The second-order valence-corrected chi connectivity index (χ2v) is 8.55. The zero-order valence-electron chi connectivity index (χ0n) is 14.3. The van der Waals surface area contributed by atoms with Crippen molar-refractivity contribution in [2.24, 2.45) is 0 Å². The summed E-state index contributed by atoms with van der Waals surface area (Å²) in [5, 5.41) is 2.91. The van der Waals surface area contributed by atoms with Gasteiger partial charge < -0.3 is 19.5 Å². The van der Waals surface area contributed by atoms with Crippen LogP contribution in [0.25, 0.3) is 0 Å². The average molecular weight is 446 g/mol. The van der Waals surface area contributed by atoms with Gasteiger partial charge in [-0.15, -0.1) is 11.3 Å². The highest BCUT2D eigenvalue weighted by Crippen LogP contribution is 2.39. The molecule has 25 heavy (non-hydrogen) atoms. The lowest BCUT2D eigenvalue weighted by molar-refractivity contribution is 0.0952. The lowest BCUT2D eigenvalue weighted by Gasteiger charge is -2.15. The van der Waals surface area contributed by atoms with E-state index in [1.807, 2.05) is 6.07 Å². The first-order chi connectivity index (χ1) is 12.1. The molecule has 2 aromatic rings. The highest BCUT2D eigenvalue weighted by Gasteiger charge is 2.20. The summed E-state index contributed by atoms with van der Waals surface area (Å²) in [5.74, 6) is 2.87. The number of rotatable bonds is 9. The Morgan fingerprint density at radius 2 is 1.88 bits per heavy atom. The summed E-state index contributed by atoms with van der Waals surface area (Å²) < 4.78 is 17.0. The SMILES string of the molecule is COc1ccc(C(=O)NCCSCc2ccc(Br)s2)c(OC)c1OC. The molecule has 0 unspecified atom stereocenters. The summed E-state index contributed by atoms with van der Waals surface area (Å²) in [7, 11) is 4.56. The normalized spacial score (nSPS) is 10.4. The number of halogens is 1. The molecule has 0 saturated heterocycles. The van der Waals surface area contributed by atoms with Crippen LogP contribution in [0.2, 0.25) is 0 Å². The van der Waals surface area contributed by atoms with Crippen molar-refractivity contribution in [1.29, 1.82) is 0 Å². The number of methoxy groups -OCH3 is 3. The van der Waals surface area contributed by atoms with E-state index in [1.54, 1.807) is 42.3 Å². The van der Waals surface area contributed by atoms with Gasteiger partial charge >= 0.3 is 0 Å². The molecular formula is C17H20BrNO4S2. The van der Waals surface area contributed by atoms with Gasteiger partial charge in [-0.3, -0.25) is 4.79 Å². The molecule has 0 fully saturated rings. The number of thiophene rings is 1. The van der Waals surface area contributed by atoms with Crippen LogP contribution in [0.4, 0.5) is 0 Å². The van der Waals surface area contributed by atoms with Crippen LogP contribution in [0.15, 0.2) is 28.1 Å². The molecule has 0 bridgehead atoms. The summed E-state index contributed by atoms with van der Waals surface area (Å²) in [6, 6.07) is 7.52. The lowest BCUT2D eigenvalue weighted by Crippen LogP contribution is -2.26. The van der Waals surface area contributed by atoms with Gasteiger partial charge in [0.05, 0.1) is 30.7 Å². The maximum absolute atomic E-state index is 12.4. The molecule has 1 amide bonds. The molecular weight excluding hydrogens is 426 g/mol. The molecule has 0 radical (unpaired) electrons. The molecule has 2 rings (SSSR count). The number of ether oxygens (including phenoxy) is 3. The zero-order chi connectivity index (χ0) is 18.2. The number of amides is 1. The van der Waals surface area contributed by atoms with Gasteiger partial charge in [0.25, 0.3) is 5.91 Å². The largest absolute Gasteiger partial charge is 0.493 e. The van der Waals surface area contributed by atoms with Crippen molar-refractivity contribution in [3.8, 4) is 17.2 Å². The molecule has 5 nitrogen and oxygen atoms in total. The van der Waals surface area contributed by atoms with E-state index in [9.17, 15) is 4.79 Å². The monoisotopic (exact) mass is 445 g/mol. The molecule has 0 spiro atoms. The number of nitrogens with one attached hydrogen (secondary N) is 1. The van der Waals surface area contributed by atoms with Crippen molar-refractivity contribution in [3.63, 3.8) is 0 Å². The van der Waals surface area contributed by atoms with Crippen LogP contribution in [0.1, 0.15) is 15.2 Å². The number of benzene rings is 1. The molecule has 0 aliphatic heterocycles. The number of thioether (sulfide) groups is 1. The summed E-state index contributed by atoms with van der Waals surface area (Å²) in [5.41, 5.74) is 0.423. The van der Waals surface area contributed by atoms with E-state index in [1.165, 1.54) is 19.1 Å². The molecule has 0 atom stereocenters. The number of carbonyl (C=O) groups excluding carboxylic acids is 1. The van der Waals surface area contributed by atoms with Crippen molar-refractivity contribution in [2.45, 2.75) is 5.75 Å². The van der Waals surface area contributed by atoms with Crippen LogP contribution in [-0.4, -0.2) is 39.5 Å². The van der Waals surface area contributed by atoms with Crippen molar-refractivity contribution in [2.75, 3.05) is 33.6 Å². The number of carbonyl (C=O) groups is 1. The Kier molecular flexibility index (Phi) is 7.92. The fourth-order valence-electron chi connectivity index (χ4n) is 2.21. The van der Waals surface area contributed by atoms with Crippen LogP contribution in [-0.2, 0) is 5.75 Å². The van der Waals surface area contributed by atoms with Gasteiger partial charge in [0.1, 0.15) is 0 Å². The predicted molar refractivity (Wildman–Crippen MR) is 107 cm³/mol. The first kappa shape index (κ1) is 19.9. The summed E-state index contributed by atoms with van der Waals surface area (Å²) in [4.78, 5) is 13.7. The predicted octanol–water partition coefficient (Wildman–Crippen LogP) is 4.20. The highest BCUT2D eigenvalue weighted by atomic mass is 79.9. The van der Waals surface area contributed by atoms with E-state index in [0.717, 1.165) is 15.3 Å². The second-order valence-electron chi connectivity index (χ2n) is 4.90. The van der Waals surface area contributed by atoms with Crippen molar-refractivity contribution >= 4 is 44.9 Å². The van der Waals surface area contributed by atoms with Crippen molar-refractivity contribution in [3.05, 3.63) is 38.5 Å². The third kappa shape index (κ3) is 5.29. The van der Waals surface area contributed by atoms with Crippen molar-refractivity contribution in [1.82, 2.24) is 5.32 Å². The van der Waals surface area contributed by atoms with Gasteiger partial charge in [0.15, 0.2) is 11.5 Å². The van der Waals surface area contributed by atoms with Crippen LogP contribution < -0.4 is 19.5 Å². The minimum Gasteiger partial charge on any atom is -0.493 e. The highest BCUT2D eigenvalue weighted by molar-refractivity contribution is 9.11. The van der Waals surface area contributed by atoms with E-state index in [2.05, 4.69) is 27.3 Å². The molecule has 1 aromatic carbocycles. The van der Waals surface area contributed by atoms with E-state index >= 15 is 0 Å². The van der Waals surface area contributed by atoms with Gasteiger partial charge in [-0.05, 0) is 40.2 Å². The van der Waals surface area contributed by atoms with Gasteiger partial charge in [0, 0.05) is 22.9 Å². The Labute approximate surface area is 164 Å². The van der Waals surface area contributed by atoms with Gasteiger partial charge in [-0.25, -0.2) is 0 Å². The zero-order valence-corrected chi connectivity index (χ0v) is 17.5. The maximum atomic E-state index is 12.4. The van der Waals surface area contributed by atoms with Gasteiger partial charge in [0.2, 0.25) is 5.75 Å². The first-order valence-corrected chi connectivity index (χ1v) is 10.3. The Morgan fingerprint density at radius 3 is 2.48 bits per heavy atom. The minimum absolute atomic E-state index is 0.197. The van der Waals surface area contributed by atoms with Crippen LogP contribution in [0.5, 0.6) is 17.2 Å². The average Bonchev–Trinajstić information content (AvgIpc) is 3.04. The topological polar surface area (TPSA) is 56.8 Å². The Balaban J connectivity index is 1.90. The molecule has 1 aromatic heterocycles. The molecule has 0 aliphatic rings. The minimum atomic E-state index is -0.197. The molecule has 136 valence electrons. The van der Waals surface area contributed by atoms with Crippen LogP contribution >= 0.6 is 39.0 Å². The van der Waals surface area contributed by atoms with Crippen LogP contribution in [0, 0.1) is 0 Å². The quantitative estimate of drug-likeness (QED) is 0.586. The van der Waals surface area contributed by atoms with Crippen molar-refractivity contribution < 1.29 is 19.0 Å². The summed E-state index contributed by atoms with van der Waals surface area (Å²) in [6.45, 7) is 0.577. The molecule has 1 heterocycles. The molecule has 0 saturated carbocycles. The summed E-state index contributed by atoms with van der Waals surface area (Å²) in [6.07, 6.45) is 0. The third-order valence-corrected chi connectivity index (χ3v) is 6.17. The smallest absolute Gasteiger partial charge is 0.255 e. The van der Waals surface area contributed by atoms with Crippen LogP contribution in [0.3, 0.4) is 0 Å². The standard InChI is InChI=1S/C17H20BrNO4S2/c1-21-13-6-5-12(15(22-2)16(13)23-3)17(20)19-8-9-24-10-11-4-7-14(18)25-11/h4-7H,8-10H2,1-3H3,(H,19,20). The molecule has 0 aliphatic carbocycles.